The van der Waals surface area contributed by atoms with Crippen LogP contribution >= 0.6 is 0 Å². The quantitative estimate of drug-likeness (QED) is 0.827. The minimum absolute atomic E-state index is 0.247. The first-order chi connectivity index (χ1) is 9.19. The maximum atomic E-state index is 11.4. The molecule has 0 saturated heterocycles. The van der Waals surface area contributed by atoms with Gasteiger partial charge >= 0.3 is 5.97 Å². The number of rotatable bonds is 4. The van der Waals surface area contributed by atoms with Gasteiger partial charge in [-0.3, -0.25) is 0 Å². The zero-order chi connectivity index (χ0) is 13.7. The third-order valence-corrected chi connectivity index (χ3v) is 2.72. The van der Waals surface area contributed by atoms with Crippen LogP contribution in [0.4, 0.5) is 5.69 Å². The number of esters is 1. The zero-order valence-electron chi connectivity index (χ0n) is 10.6. The molecule has 0 aliphatic carbocycles. The molecule has 0 aliphatic heterocycles. The van der Waals surface area contributed by atoms with E-state index in [2.05, 4.69) is 10.1 Å². The van der Waals surface area contributed by atoms with E-state index in [1.54, 1.807) is 30.3 Å². The Morgan fingerprint density at radius 2 is 1.95 bits per heavy atom. The van der Waals surface area contributed by atoms with Crippen LogP contribution in [0.5, 0.6) is 5.75 Å². The summed E-state index contributed by atoms with van der Waals surface area (Å²) < 4.78 is 4.67. The molecule has 98 valence electrons. The summed E-state index contributed by atoms with van der Waals surface area (Å²) in [7, 11) is 1.36. The number of anilines is 1. The second kappa shape index (κ2) is 5.91. The molecule has 0 radical (unpaired) electrons. The summed E-state index contributed by atoms with van der Waals surface area (Å²) in [5.41, 5.74) is 2.40. The molecule has 0 heterocycles. The van der Waals surface area contributed by atoms with Gasteiger partial charge in [0.05, 0.1) is 12.7 Å². The van der Waals surface area contributed by atoms with Crippen molar-refractivity contribution in [3.05, 3.63) is 59.7 Å². The van der Waals surface area contributed by atoms with Crippen LogP contribution < -0.4 is 5.32 Å². The van der Waals surface area contributed by atoms with Crippen LogP contribution in [0.3, 0.4) is 0 Å². The fourth-order valence-corrected chi connectivity index (χ4v) is 1.69. The van der Waals surface area contributed by atoms with E-state index >= 15 is 0 Å². The summed E-state index contributed by atoms with van der Waals surface area (Å²) in [6.07, 6.45) is 0. The highest BCUT2D eigenvalue weighted by atomic mass is 16.5. The van der Waals surface area contributed by atoms with Gasteiger partial charge in [-0.05, 0) is 35.9 Å². The van der Waals surface area contributed by atoms with Gasteiger partial charge in [0.15, 0.2) is 0 Å². The van der Waals surface area contributed by atoms with E-state index in [-0.39, 0.29) is 11.7 Å². The molecule has 0 fully saturated rings. The lowest BCUT2D eigenvalue weighted by atomic mass is 10.2. The summed E-state index contributed by atoms with van der Waals surface area (Å²) >= 11 is 0. The van der Waals surface area contributed by atoms with E-state index in [9.17, 15) is 9.90 Å². The van der Waals surface area contributed by atoms with Crippen molar-refractivity contribution in [1.82, 2.24) is 0 Å². The molecule has 4 heteroatoms. The molecule has 0 aliphatic rings. The summed E-state index contributed by atoms with van der Waals surface area (Å²) in [4.78, 5) is 11.4. The Kier molecular flexibility index (Phi) is 4.03. The molecule has 4 nitrogen and oxygen atoms in total. The van der Waals surface area contributed by atoms with Crippen molar-refractivity contribution in [2.24, 2.45) is 0 Å². The first kappa shape index (κ1) is 13.0. The molecule has 2 aromatic rings. The standard InChI is InChI=1S/C15H15NO3/c1-19-15(18)12-3-2-4-13(9-12)16-10-11-5-7-14(17)8-6-11/h2-9,16-17H,10H2,1H3. The Morgan fingerprint density at radius 1 is 1.21 bits per heavy atom. The topological polar surface area (TPSA) is 58.6 Å². The molecule has 0 spiro atoms. The predicted molar refractivity (Wildman–Crippen MR) is 73.2 cm³/mol. The van der Waals surface area contributed by atoms with Crippen LogP contribution in [0.1, 0.15) is 15.9 Å². The monoisotopic (exact) mass is 257 g/mol. The fraction of sp³-hybridized carbons (Fsp3) is 0.133. The third-order valence-electron chi connectivity index (χ3n) is 2.72. The zero-order valence-corrected chi connectivity index (χ0v) is 10.6. The molecule has 0 aromatic heterocycles. The molecule has 2 aromatic carbocycles. The Labute approximate surface area is 111 Å². The molecular weight excluding hydrogens is 242 g/mol. The number of carbonyl (C=O) groups is 1. The Bertz CT molecular complexity index is 564. The number of phenolic OH excluding ortho intramolecular Hbond substituents is 1. The maximum Gasteiger partial charge on any atom is 0.337 e. The highest BCUT2D eigenvalue weighted by Gasteiger charge is 2.05. The number of nitrogens with one attached hydrogen (secondary N) is 1. The Hall–Kier alpha value is -2.49. The van der Waals surface area contributed by atoms with Crippen LogP contribution in [-0.4, -0.2) is 18.2 Å². The lowest BCUT2D eigenvalue weighted by Crippen LogP contribution is -2.03. The largest absolute Gasteiger partial charge is 0.508 e. The van der Waals surface area contributed by atoms with E-state index in [0.717, 1.165) is 11.3 Å². The van der Waals surface area contributed by atoms with E-state index in [0.29, 0.717) is 12.1 Å². The SMILES string of the molecule is COC(=O)c1cccc(NCc2ccc(O)cc2)c1. The van der Waals surface area contributed by atoms with Gasteiger partial charge in [-0.15, -0.1) is 0 Å². The minimum Gasteiger partial charge on any atom is -0.508 e. The summed E-state index contributed by atoms with van der Waals surface area (Å²) in [6.45, 7) is 0.616. The van der Waals surface area contributed by atoms with Crippen molar-refractivity contribution in [1.29, 1.82) is 0 Å². The number of aromatic hydroxyl groups is 1. The number of hydrogen-bond acceptors (Lipinski definition) is 4. The first-order valence-electron chi connectivity index (χ1n) is 5.89. The van der Waals surface area contributed by atoms with Crippen molar-refractivity contribution in [2.45, 2.75) is 6.54 Å². The molecule has 0 amide bonds. The van der Waals surface area contributed by atoms with Crippen molar-refractivity contribution in [3.8, 4) is 5.75 Å². The molecule has 0 bridgehead atoms. The van der Waals surface area contributed by atoms with Crippen LogP contribution in [0, 0.1) is 0 Å². The number of carbonyl (C=O) groups excluding carboxylic acids is 1. The minimum atomic E-state index is -0.353. The summed E-state index contributed by atoms with van der Waals surface area (Å²) in [6, 6.07) is 14.1. The van der Waals surface area contributed by atoms with Crippen molar-refractivity contribution < 1.29 is 14.6 Å². The average molecular weight is 257 g/mol. The van der Waals surface area contributed by atoms with Gasteiger partial charge < -0.3 is 15.2 Å². The van der Waals surface area contributed by atoms with Crippen LogP contribution in [0.2, 0.25) is 0 Å². The smallest absolute Gasteiger partial charge is 0.337 e. The first-order valence-corrected chi connectivity index (χ1v) is 5.89. The summed E-state index contributed by atoms with van der Waals surface area (Å²) in [5.74, 6) is -0.107. The molecule has 19 heavy (non-hydrogen) atoms. The Morgan fingerprint density at radius 3 is 2.63 bits per heavy atom. The van der Waals surface area contributed by atoms with E-state index in [1.165, 1.54) is 7.11 Å². The van der Waals surface area contributed by atoms with Crippen LogP contribution in [0.15, 0.2) is 48.5 Å². The Balaban J connectivity index is 2.03. The van der Waals surface area contributed by atoms with E-state index < -0.39 is 0 Å². The maximum absolute atomic E-state index is 11.4. The molecule has 2 N–H and O–H groups in total. The van der Waals surface area contributed by atoms with Gasteiger partial charge in [-0.2, -0.15) is 0 Å². The second-order valence-corrected chi connectivity index (χ2v) is 4.09. The number of phenols is 1. The van der Waals surface area contributed by atoms with E-state index in [1.807, 2.05) is 18.2 Å². The van der Waals surface area contributed by atoms with Gasteiger partial charge in [-0.25, -0.2) is 4.79 Å². The average Bonchev–Trinajstić information content (AvgIpc) is 2.46. The fourth-order valence-electron chi connectivity index (χ4n) is 1.69. The van der Waals surface area contributed by atoms with E-state index in [4.69, 9.17) is 0 Å². The van der Waals surface area contributed by atoms with Gasteiger partial charge in [0.25, 0.3) is 0 Å². The van der Waals surface area contributed by atoms with Crippen molar-refractivity contribution in [3.63, 3.8) is 0 Å². The molecular formula is C15H15NO3. The molecule has 2 rings (SSSR count). The number of ether oxygens (including phenoxy) is 1. The third kappa shape index (κ3) is 3.48. The number of hydrogen-bond donors (Lipinski definition) is 2. The molecule has 0 saturated carbocycles. The second-order valence-electron chi connectivity index (χ2n) is 4.09. The van der Waals surface area contributed by atoms with Crippen LogP contribution in [-0.2, 0) is 11.3 Å². The van der Waals surface area contributed by atoms with Gasteiger partial charge in [0, 0.05) is 12.2 Å². The highest BCUT2D eigenvalue weighted by molar-refractivity contribution is 5.90. The lowest BCUT2D eigenvalue weighted by molar-refractivity contribution is 0.0601. The normalized spacial score (nSPS) is 9.95. The number of methoxy groups -OCH3 is 1. The van der Waals surface area contributed by atoms with Crippen molar-refractivity contribution in [2.75, 3.05) is 12.4 Å². The van der Waals surface area contributed by atoms with Crippen molar-refractivity contribution >= 4 is 11.7 Å². The molecule has 0 atom stereocenters. The summed E-state index contributed by atoms with van der Waals surface area (Å²) in [5, 5.41) is 12.4. The van der Waals surface area contributed by atoms with Crippen LogP contribution in [0.25, 0.3) is 0 Å². The molecule has 0 unspecified atom stereocenters. The lowest BCUT2D eigenvalue weighted by Gasteiger charge is -2.08. The highest BCUT2D eigenvalue weighted by Crippen LogP contribution is 2.14. The van der Waals surface area contributed by atoms with Gasteiger partial charge in [0.1, 0.15) is 5.75 Å². The predicted octanol–water partition coefficient (Wildman–Crippen LogP) is 2.79. The van der Waals surface area contributed by atoms with Gasteiger partial charge in [0.2, 0.25) is 0 Å². The number of benzene rings is 2. The van der Waals surface area contributed by atoms with Gasteiger partial charge in [-0.1, -0.05) is 18.2 Å².